The minimum atomic E-state index is -0.501. The van der Waals surface area contributed by atoms with E-state index >= 15 is 0 Å². The zero-order valence-electron chi connectivity index (χ0n) is 19.2. The van der Waals surface area contributed by atoms with E-state index in [0.717, 1.165) is 75.7 Å². The van der Waals surface area contributed by atoms with Crippen molar-refractivity contribution in [1.82, 2.24) is 15.1 Å². The Labute approximate surface area is 195 Å². The predicted molar refractivity (Wildman–Crippen MR) is 127 cm³/mol. The Morgan fingerprint density at radius 3 is 2.76 bits per heavy atom. The Balaban J connectivity index is 1.15. The molecule has 0 unspecified atom stereocenters. The van der Waals surface area contributed by atoms with Crippen molar-refractivity contribution in [1.29, 1.82) is 5.26 Å². The third-order valence-corrected chi connectivity index (χ3v) is 7.38. The van der Waals surface area contributed by atoms with Crippen molar-refractivity contribution in [2.75, 3.05) is 51.8 Å². The molecule has 0 aliphatic carbocycles. The van der Waals surface area contributed by atoms with Crippen molar-refractivity contribution in [3.63, 3.8) is 0 Å². The molecule has 0 bridgehead atoms. The van der Waals surface area contributed by atoms with Gasteiger partial charge >= 0.3 is 0 Å². The first-order chi connectivity index (χ1) is 16.1. The summed E-state index contributed by atoms with van der Waals surface area (Å²) < 4.78 is 6.09. The molecule has 5 rings (SSSR count). The summed E-state index contributed by atoms with van der Waals surface area (Å²) >= 11 is 0. The van der Waals surface area contributed by atoms with Gasteiger partial charge in [0.25, 0.3) is 0 Å². The summed E-state index contributed by atoms with van der Waals surface area (Å²) in [6, 6.07) is 14.2. The molecule has 3 heterocycles. The lowest BCUT2D eigenvalue weighted by Crippen LogP contribution is -2.47. The highest BCUT2D eigenvalue weighted by molar-refractivity contribution is 6.06. The van der Waals surface area contributed by atoms with E-state index in [1.807, 2.05) is 19.2 Å². The third kappa shape index (κ3) is 4.22. The average Bonchev–Trinajstić information content (AvgIpc) is 3.10. The zero-order valence-corrected chi connectivity index (χ0v) is 19.2. The van der Waals surface area contributed by atoms with E-state index < -0.39 is 5.41 Å². The van der Waals surface area contributed by atoms with Gasteiger partial charge in [-0.25, -0.2) is 0 Å². The summed E-state index contributed by atoms with van der Waals surface area (Å²) in [6.45, 7) is 6.14. The molecule has 2 aromatic carbocycles. The molecule has 7 heteroatoms. The zero-order chi connectivity index (χ0) is 22.8. The summed E-state index contributed by atoms with van der Waals surface area (Å²) in [7, 11) is 1.99. The fraction of sp³-hybridized carbons (Fsp3) is 0.462. The van der Waals surface area contributed by atoms with Gasteiger partial charge in [-0.15, -0.1) is 0 Å². The first-order valence-corrected chi connectivity index (χ1v) is 11.8. The Morgan fingerprint density at radius 2 is 1.97 bits per heavy atom. The van der Waals surface area contributed by atoms with Gasteiger partial charge in [0.2, 0.25) is 5.91 Å². The van der Waals surface area contributed by atoms with Gasteiger partial charge in [0.05, 0.1) is 17.0 Å². The molecule has 0 radical (unpaired) electrons. The normalized spacial score (nSPS) is 19.6. The summed E-state index contributed by atoms with van der Waals surface area (Å²) in [6.07, 6.45) is 2.59. The van der Waals surface area contributed by atoms with Crippen molar-refractivity contribution >= 4 is 11.6 Å². The second kappa shape index (κ2) is 9.14. The van der Waals surface area contributed by atoms with Crippen LogP contribution in [0, 0.1) is 11.3 Å². The smallest absolute Gasteiger partial charge is 0.235 e. The minimum Gasteiger partial charge on any atom is -0.492 e. The molecule has 1 spiro atoms. The molecule has 1 saturated heterocycles. The van der Waals surface area contributed by atoms with E-state index in [2.05, 4.69) is 44.7 Å². The summed E-state index contributed by atoms with van der Waals surface area (Å²) in [5.41, 5.74) is 4.74. The van der Waals surface area contributed by atoms with Crippen LogP contribution in [-0.2, 0) is 23.2 Å². The quantitative estimate of drug-likeness (QED) is 0.711. The van der Waals surface area contributed by atoms with Crippen LogP contribution in [0.5, 0.6) is 5.75 Å². The molecule has 1 amide bonds. The number of amides is 1. The summed E-state index contributed by atoms with van der Waals surface area (Å²) in [5.74, 6) is 1.02. The number of anilines is 1. The van der Waals surface area contributed by atoms with Crippen LogP contribution in [0.25, 0.3) is 0 Å². The molecule has 0 atom stereocenters. The van der Waals surface area contributed by atoms with E-state index in [4.69, 9.17) is 4.74 Å². The lowest BCUT2D eigenvalue weighted by atomic mass is 9.73. The number of hydrogen-bond donors (Lipinski definition) is 2. The Bertz CT molecular complexity index is 1080. The van der Waals surface area contributed by atoms with Gasteiger partial charge in [-0.1, -0.05) is 6.07 Å². The first-order valence-electron chi connectivity index (χ1n) is 11.8. The van der Waals surface area contributed by atoms with Gasteiger partial charge in [0, 0.05) is 32.0 Å². The number of nitrogens with zero attached hydrogens (tertiary/aromatic N) is 3. The fourth-order valence-corrected chi connectivity index (χ4v) is 5.47. The predicted octanol–water partition coefficient (Wildman–Crippen LogP) is 2.46. The van der Waals surface area contributed by atoms with Crippen molar-refractivity contribution in [3.05, 3.63) is 58.7 Å². The maximum Gasteiger partial charge on any atom is 0.235 e. The standard InChI is InChI=1S/C26H31N5O2/c1-28-18-31-9-6-20-15-22(4-3-21(20)17-31)33-13-12-30-10-7-26(8-11-30)23-14-19(16-27)2-5-24(23)29-25(26)32/h2-5,14-15,28H,6-13,17-18H2,1H3,(H,29,32). The van der Waals surface area contributed by atoms with Crippen molar-refractivity contribution in [3.8, 4) is 11.8 Å². The highest BCUT2D eigenvalue weighted by atomic mass is 16.5. The maximum atomic E-state index is 12.8. The number of nitriles is 1. The number of hydrogen-bond acceptors (Lipinski definition) is 6. The van der Waals surface area contributed by atoms with Crippen LogP contribution in [0.4, 0.5) is 5.69 Å². The number of ether oxygens (including phenoxy) is 1. The van der Waals surface area contributed by atoms with Gasteiger partial charge < -0.3 is 15.4 Å². The van der Waals surface area contributed by atoms with Crippen LogP contribution in [0.3, 0.4) is 0 Å². The molecule has 7 nitrogen and oxygen atoms in total. The van der Waals surface area contributed by atoms with Crippen LogP contribution in [0.15, 0.2) is 36.4 Å². The molecule has 172 valence electrons. The van der Waals surface area contributed by atoms with E-state index in [0.29, 0.717) is 12.2 Å². The lowest BCUT2D eigenvalue weighted by Gasteiger charge is -2.38. The molecular formula is C26H31N5O2. The summed E-state index contributed by atoms with van der Waals surface area (Å²) in [5, 5.41) is 15.5. The van der Waals surface area contributed by atoms with E-state index in [-0.39, 0.29) is 5.91 Å². The second-order valence-corrected chi connectivity index (χ2v) is 9.34. The molecule has 2 N–H and O–H groups in total. The van der Waals surface area contributed by atoms with Gasteiger partial charge in [0.1, 0.15) is 12.4 Å². The number of carbonyl (C=O) groups excluding carboxylic acids is 1. The molecule has 33 heavy (non-hydrogen) atoms. The second-order valence-electron chi connectivity index (χ2n) is 9.34. The van der Waals surface area contributed by atoms with Crippen LogP contribution in [-0.4, -0.2) is 62.2 Å². The van der Waals surface area contributed by atoms with Gasteiger partial charge in [0.15, 0.2) is 0 Å². The number of piperidine rings is 1. The lowest BCUT2D eigenvalue weighted by molar-refractivity contribution is -0.122. The Kier molecular flexibility index (Phi) is 6.07. The SMILES string of the molecule is CNCN1CCc2cc(OCCN3CCC4(CC3)C(=O)Nc3ccc(C#N)cc34)ccc2C1. The summed E-state index contributed by atoms with van der Waals surface area (Å²) in [4.78, 5) is 17.6. The Morgan fingerprint density at radius 1 is 1.12 bits per heavy atom. The van der Waals surface area contributed by atoms with Gasteiger partial charge in [-0.2, -0.15) is 5.26 Å². The highest BCUT2D eigenvalue weighted by Gasteiger charge is 2.48. The molecular weight excluding hydrogens is 414 g/mol. The van der Waals surface area contributed by atoms with Crippen LogP contribution in [0.1, 0.15) is 35.1 Å². The highest BCUT2D eigenvalue weighted by Crippen LogP contribution is 2.45. The number of likely N-dealkylation sites (tertiary alicyclic amines) is 1. The van der Waals surface area contributed by atoms with Gasteiger partial charge in [-0.3, -0.25) is 14.6 Å². The average molecular weight is 446 g/mol. The third-order valence-electron chi connectivity index (χ3n) is 7.38. The number of benzene rings is 2. The Hall–Kier alpha value is -2.92. The molecule has 3 aliphatic heterocycles. The molecule has 0 aromatic heterocycles. The van der Waals surface area contributed by atoms with E-state index in [9.17, 15) is 10.1 Å². The van der Waals surface area contributed by atoms with Crippen LogP contribution in [0.2, 0.25) is 0 Å². The van der Waals surface area contributed by atoms with Crippen molar-refractivity contribution < 1.29 is 9.53 Å². The van der Waals surface area contributed by atoms with E-state index in [1.165, 1.54) is 11.1 Å². The largest absolute Gasteiger partial charge is 0.492 e. The number of fused-ring (bicyclic) bond motifs is 3. The fourth-order valence-electron chi connectivity index (χ4n) is 5.47. The molecule has 3 aliphatic rings. The van der Waals surface area contributed by atoms with Gasteiger partial charge in [-0.05, 0) is 86.4 Å². The number of rotatable bonds is 6. The van der Waals surface area contributed by atoms with E-state index in [1.54, 1.807) is 6.07 Å². The van der Waals surface area contributed by atoms with Crippen molar-refractivity contribution in [2.45, 2.75) is 31.2 Å². The molecule has 2 aromatic rings. The monoisotopic (exact) mass is 445 g/mol. The minimum absolute atomic E-state index is 0.0748. The van der Waals surface area contributed by atoms with Crippen LogP contribution < -0.4 is 15.4 Å². The molecule has 1 fully saturated rings. The van der Waals surface area contributed by atoms with Crippen molar-refractivity contribution in [2.24, 2.45) is 0 Å². The molecule has 0 saturated carbocycles. The topological polar surface area (TPSA) is 80.6 Å². The first kappa shape index (κ1) is 21.9. The maximum absolute atomic E-state index is 12.8. The number of nitrogens with one attached hydrogen (secondary N) is 2. The number of carbonyl (C=O) groups is 1. The van der Waals surface area contributed by atoms with Crippen LogP contribution >= 0.6 is 0 Å².